The molecule has 0 aromatic carbocycles. The smallest absolute Gasteiger partial charge is 0.335 e. The fourth-order valence-electron chi connectivity index (χ4n) is 2.12. The van der Waals surface area contributed by atoms with Crippen LogP contribution in [0.5, 0.6) is 5.88 Å². The Labute approximate surface area is 106 Å². The molecule has 0 amide bonds. The summed E-state index contributed by atoms with van der Waals surface area (Å²) >= 11 is 0. The molecule has 1 aromatic rings. The number of rotatable bonds is 5. The molecule has 0 unspecified atom stereocenters. The van der Waals surface area contributed by atoms with E-state index in [1.165, 1.54) is 31.2 Å². The maximum Gasteiger partial charge on any atom is 0.335 e. The van der Waals surface area contributed by atoms with E-state index >= 15 is 0 Å². The van der Waals surface area contributed by atoms with E-state index in [1.807, 2.05) is 0 Å². The summed E-state index contributed by atoms with van der Waals surface area (Å²) in [6.45, 7) is 2.76. The van der Waals surface area contributed by atoms with Crippen molar-refractivity contribution in [3.8, 4) is 5.88 Å². The van der Waals surface area contributed by atoms with Gasteiger partial charge in [-0.25, -0.2) is 9.78 Å². The Morgan fingerprint density at radius 3 is 3.00 bits per heavy atom. The maximum absolute atomic E-state index is 10.8. The van der Waals surface area contributed by atoms with Crippen LogP contribution < -0.4 is 10.1 Å². The van der Waals surface area contributed by atoms with Crippen LogP contribution in [0.3, 0.4) is 0 Å². The van der Waals surface area contributed by atoms with Crippen molar-refractivity contribution in [3.63, 3.8) is 0 Å². The van der Waals surface area contributed by atoms with Gasteiger partial charge in [-0.2, -0.15) is 0 Å². The average Bonchev–Trinajstić information content (AvgIpc) is 2.40. The number of carboxylic acids is 1. The van der Waals surface area contributed by atoms with Crippen LogP contribution in [-0.4, -0.2) is 35.8 Å². The monoisotopic (exact) mass is 250 g/mol. The number of ether oxygens (including phenoxy) is 1. The van der Waals surface area contributed by atoms with Crippen molar-refractivity contribution in [2.75, 3.05) is 19.7 Å². The van der Waals surface area contributed by atoms with Crippen LogP contribution in [0.25, 0.3) is 0 Å². The standard InChI is InChI=1S/C13H18N2O3/c16-13(17)11-3-7-15-12(9-11)18-8-4-10-1-5-14-6-2-10/h3,7,9-10,14H,1-2,4-6,8H2,(H,16,17). The van der Waals surface area contributed by atoms with Gasteiger partial charge in [-0.15, -0.1) is 0 Å². The summed E-state index contributed by atoms with van der Waals surface area (Å²) in [6, 6.07) is 2.92. The first-order chi connectivity index (χ1) is 8.75. The van der Waals surface area contributed by atoms with Crippen LogP contribution in [0.4, 0.5) is 0 Å². The quantitative estimate of drug-likeness (QED) is 0.829. The van der Waals surface area contributed by atoms with Crippen LogP contribution in [0, 0.1) is 5.92 Å². The average molecular weight is 250 g/mol. The number of aromatic carboxylic acids is 1. The molecule has 0 bridgehead atoms. The summed E-state index contributed by atoms with van der Waals surface area (Å²) < 4.78 is 5.50. The van der Waals surface area contributed by atoms with E-state index in [1.54, 1.807) is 0 Å². The number of nitrogens with zero attached hydrogens (tertiary/aromatic N) is 1. The minimum Gasteiger partial charge on any atom is -0.478 e. The number of carbonyl (C=O) groups is 1. The second-order valence-electron chi connectivity index (χ2n) is 4.52. The van der Waals surface area contributed by atoms with Gasteiger partial charge in [-0.3, -0.25) is 0 Å². The van der Waals surface area contributed by atoms with Crippen LogP contribution in [-0.2, 0) is 0 Å². The lowest BCUT2D eigenvalue weighted by atomic mass is 9.95. The fraction of sp³-hybridized carbons (Fsp3) is 0.538. The van der Waals surface area contributed by atoms with Crippen LogP contribution >= 0.6 is 0 Å². The van der Waals surface area contributed by atoms with E-state index in [9.17, 15) is 4.79 Å². The Morgan fingerprint density at radius 1 is 1.50 bits per heavy atom. The molecular weight excluding hydrogens is 232 g/mol. The lowest BCUT2D eigenvalue weighted by molar-refractivity contribution is 0.0696. The molecule has 0 atom stereocenters. The zero-order valence-corrected chi connectivity index (χ0v) is 10.3. The minimum atomic E-state index is -0.958. The van der Waals surface area contributed by atoms with E-state index in [2.05, 4.69) is 10.3 Å². The first-order valence-electron chi connectivity index (χ1n) is 6.28. The summed E-state index contributed by atoms with van der Waals surface area (Å²) in [5.41, 5.74) is 0.210. The van der Waals surface area contributed by atoms with Crippen LogP contribution in [0.1, 0.15) is 29.6 Å². The molecule has 0 aliphatic carbocycles. The lowest BCUT2D eigenvalue weighted by Gasteiger charge is -2.22. The van der Waals surface area contributed by atoms with Gasteiger partial charge < -0.3 is 15.2 Å². The van der Waals surface area contributed by atoms with E-state index in [-0.39, 0.29) is 5.56 Å². The van der Waals surface area contributed by atoms with Gasteiger partial charge in [0.1, 0.15) is 0 Å². The summed E-state index contributed by atoms with van der Waals surface area (Å²) in [6.07, 6.45) is 4.84. The largest absolute Gasteiger partial charge is 0.478 e. The molecule has 2 rings (SSSR count). The van der Waals surface area contributed by atoms with Crippen molar-refractivity contribution < 1.29 is 14.6 Å². The van der Waals surface area contributed by atoms with E-state index in [4.69, 9.17) is 9.84 Å². The molecule has 2 N–H and O–H groups in total. The highest BCUT2D eigenvalue weighted by Gasteiger charge is 2.13. The van der Waals surface area contributed by atoms with Gasteiger partial charge >= 0.3 is 5.97 Å². The number of aromatic nitrogens is 1. The van der Waals surface area contributed by atoms with Crippen LogP contribution in [0.15, 0.2) is 18.3 Å². The third-order valence-electron chi connectivity index (χ3n) is 3.22. The SMILES string of the molecule is O=C(O)c1ccnc(OCCC2CCNCC2)c1. The number of hydrogen-bond donors (Lipinski definition) is 2. The highest BCUT2D eigenvalue weighted by molar-refractivity contribution is 5.87. The Morgan fingerprint density at radius 2 is 2.28 bits per heavy atom. The van der Waals surface area contributed by atoms with E-state index < -0.39 is 5.97 Å². The Balaban J connectivity index is 1.78. The summed E-state index contributed by atoms with van der Waals surface area (Å²) in [7, 11) is 0. The van der Waals surface area contributed by atoms with Crippen molar-refractivity contribution in [1.82, 2.24) is 10.3 Å². The number of nitrogens with one attached hydrogen (secondary N) is 1. The first-order valence-corrected chi connectivity index (χ1v) is 6.28. The van der Waals surface area contributed by atoms with Gasteiger partial charge in [0.2, 0.25) is 5.88 Å². The van der Waals surface area contributed by atoms with Crippen LogP contribution in [0.2, 0.25) is 0 Å². The highest BCUT2D eigenvalue weighted by Crippen LogP contribution is 2.17. The van der Waals surface area contributed by atoms with Crippen molar-refractivity contribution in [2.45, 2.75) is 19.3 Å². The Hall–Kier alpha value is -1.62. The second-order valence-corrected chi connectivity index (χ2v) is 4.52. The number of pyridine rings is 1. The molecule has 1 aliphatic heterocycles. The Kier molecular flexibility index (Phi) is 4.52. The van der Waals surface area contributed by atoms with Crippen molar-refractivity contribution in [3.05, 3.63) is 23.9 Å². The number of piperidine rings is 1. The summed E-state index contributed by atoms with van der Waals surface area (Å²) in [5, 5.41) is 12.2. The van der Waals surface area contributed by atoms with Gasteiger partial charge in [0.05, 0.1) is 12.2 Å². The second kappa shape index (κ2) is 6.35. The van der Waals surface area contributed by atoms with E-state index in [0.717, 1.165) is 19.5 Å². The van der Waals surface area contributed by atoms with Crippen molar-refractivity contribution in [1.29, 1.82) is 0 Å². The predicted octanol–water partition coefficient (Wildman–Crippen LogP) is 1.55. The topological polar surface area (TPSA) is 71.5 Å². The molecule has 1 saturated heterocycles. The summed E-state index contributed by atoms with van der Waals surface area (Å²) in [4.78, 5) is 14.8. The molecule has 5 nitrogen and oxygen atoms in total. The molecule has 5 heteroatoms. The van der Waals surface area contributed by atoms with Crippen molar-refractivity contribution in [2.24, 2.45) is 5.92 Å². The van der Waals surface area contributed by atoms with Crippen molar-refractivity contribution >= 4 is 5.97 Å². The van der Waals surface area contributed by atoms with Gasteiger partial charge in [-0.1, -0.05) is 0 Å². The maximum atomic E-state index is 10.8. The van der Waals surface area contributed by atoms with E-state index in [0.29, 0.717) is 18.4 Å². The zero-order valence-electron chi connectivity index (χ0n) is 10.3. The normalized spacial score (nSPS) is 16.4. The van der Waals surface area contributed by atoms with Gasteiger partial charge in [-0.05, 0) is 44.3 Å². The minimum absolute atomic E-state index is 0.210. The molecule has 2 heterocycles. The highest BCUT2D eigenvalue weighted by atomic mass is 16.5. The first kappa shape index (κ1) is 12.8. The van der Waals surface area contributed by atoms with Gasteiger partial charge in [0, 0.05) is 12.3 Å². The number of hydrogen-bond acceptors (Lipinski definition) is 4. The molecule has 1 aliphatic rings. The Bertz CT molecular complexity index is 403. The molecule has 0 radical (unpaired) electrons. The number of carboxylic acid groups (broad SMARTS) is 1. The summed E-state index contributed by atoms with van der Waals surface area (Å²) in [5.74, 6) is 0.137. The molecular formula is C13H18N2O3. The molecule has 0 spiro atoms. The van der Waals surface area contributed by atoms with Gasteiger partial charge in [0.15, 0.2) is 0 Å². The fourth-order valence-corrected chi connectivity index (χ4v) is 2.12. The molecule has 1 aromatic heterocycles. The molecule has 98 valence electrons. The lowest BCUT2D eigenvalue weighted by Crippen LogP contribution is -2.28. The molecule has 18 heavy (non-hydrogen) atoms. The third-order valence-corrected chi connectivity index (χ3v) is 3.22. The zero-order chi connectivity index (χ0) is 12.8. The van der Waals surface area contributed by atoms with Gasteiger partial charge in [0.25, 0.3) is 0 Å². The molecule has 1 fully saturated rings. The predicted molar refractivity (Wildman–Crippen MR) is 66.9 cm³/mol. The molecule has 0 saturated carbocycles. The third kappa shape index (κ3) is 3.70.